The zero-order valence-electron chi connectivity index (χ0n) is 6.52. The van der Waals surface area contributed by atoms with Gasteiger partial charge in [0.25, 0.3) is 6.01 Å². The lowest BCUT2D eigenvalue weighted by Gasteiger charge is -1.94. The average molecular weight is 164 g/mol. The number of hydrogen-bond acceptors (Lipinski definition) is 3. The van der Waals surface area contributed by atoms with Gasteiger partial charge in [0, 0.05) is 7.05 Å². The van der Waals surface area contributed by atoms with Gasteiger partial charge in [-0.2, -0.15) is 4.98 Å². The van der Waals surface area contributed by atoms with E-state index in [1.54, 1.807) is 19.2 Å². The van der Waals surface area contributed by atoms with E-state index >= 15 is 0 Å². The summed E-state index contributed by atoms with van der Waals surface area (Å²) in [7, 11) is 1.68. The zero-order chi connectivity index (χ0) is 8.72. The Hall–Kier alpha value is -1.71. The number of aryl methyl sites for hydroxylation is 1. The number of fused-ring (bicyclic) bond motifs is 1. The largest absolute Gasteiger partial charge is 0.506 e. The fourth-order valence-electron chi connectivity index (χ4n) is 1.19. The number of para-hydroxylation sites is 1. The standard InChI is InChI=1S/C8H8N2O2/c1-10-5-3-2-4-6(11)7(5)9-8(10)12/h2-4,11H,1H3,(H,9,12). The van der Waals surface area contributed by atoms with Crippen molar-refractivity contribution in [3.63, 3.8) is 0 Å². The Morgan fingerprint density at radius 3 is 2.75 bits per heavy atom. The Kier molecular flexibility index (Phi) is 1.24. The number of imidazole rings is 1. The van der Waals surface area contributed by atoms with E-state index in [2.05, 4.69) is 4.98 Å². The van der Waals surface area contributed by atoms with Crippen LogP contribution in [0.2, 0.25) is 0 Å². The van der Waals surface area contributed by atoms with Gasteiger partial charge in [0.1, 0.15) is 11.3 Å². The molecule has 1 aromatic carbocycles. The molecule has 2 aromatic rings. The summed E-state index contributed by atoms with van der Waals surface area (Å²) < 4.78 is 1.51. The highest BCUT2D eigenvalue weighted by atomic mass is 16.3. The molecule has 0 spiro atoms. The Morgan fingerprint density at radius 2 is 2.08 bits per heavy atom. The summed E-state index contributed by atoms with van der Waals surface area (Å²) in [5.41, 5.74) is 1.14. The van der Waals surface area contributed by atoms with Crippen LogP contribution >= 0.6 is 0 Å². The van der Waals surface area contributed by atoms with Gasteiger partial charge in [-0.15, -0.1) is 0 Å². The summed E-state index contributed by atoms with van der Waals surface area (Å²) in [6.45, 7) is 0. The molecule has 0 atom stereocenters. The van der Waals surface area contributed by atoms with Crippen molar-refractivity contribution in [2.24, 2.45) is 7.05 Å². The predicted molar refractivity (Wildman–Crippen MR) is 44.0 cm³/mol. The molecule has 1 heterocycles. The molecular weight excluding hydrogens is 156 g/mol. The third-order valence-corrected chi connectivity index (χ3v) is 1.87. The zero-order valence-corrected chi connectivity index (χ0v) is 6.52. The van der Waals surface area contributed by atoms with E-state index in [4.69, 9.17) is 0 Å². The van der Waals surface area contributed by atoms with Crippen LogP contribution in [0, 0.1) is 0 Å². The fraction of sp³-hybridized carbons (Fsp3) is 0.125. The van der Waals surface area contributed by atoms with Gasteiger partial charge in [-0.25, -0.2) is 0 Å². The maximum Gasteiger partial charge on any atom is 0.294 e. The molecule has 0 saturated carbocycles. The van der Waals surface area contributed by atoms with Crippen LogP contribution in [0.4, 0.5) is 0 Å². The normalized spacial score (nSPS) is 10.8. The molecule has 0 aliphatic rings. The first-order chi connectivity index (χ1) is 5.70. The summed E-state index contributed by atoms with van der Waals surface area (Å²) in [6.07, 6.45) is 0. The highest BCUT2D eigenvalue weighted by Gasteiger charge is 2.08. The Morgan fingerprint density at radius 1 is 1.33 bits per heavy atom. The van der Waals surface area contributed by atoms with Gasteiger partial charge >= 0.3 is 0 Å². The summed E-state index contributed by atoms with van der Waals surface area (Å²) in [5, 5.41) is 18.5. The minimum Gasteiger partial charge on any atom is -0.506 e. The van der Waals surface area contributed by atoms with Gasteiger partial charge < -0.3 is 10.2 Å². The van der Waals surface area contributed by atoms with Gasteiger partial charge in [0.15, 0.2) is 0 Å². The van der Waals surface area contributed by atoms with Crippen molar-refractivity contribution < 1.29 is 10.2 Å². The van der Waals surface area contributed by atoms with Crippen molar-refractivity contribution in [2.75, 3.05) is 0 Å². The molecule has 0 radical (unpaired) electrons. The molecule has 4 nitrogen and oxygen atoms in total. The maximum atomic E-state index is 9.32. The number of aromatic nitrogens is 2. The quantitative estimate of drug-likeness (QED) is 0.610. The summed E-state index contributed by atoms with van der Waals surface area (Å²) >= 11 is 0. The fourth-order valence-corrected chi connectivity index (χ4v) is 1.19. The summed E-state index contributed by atoms with van der Waals surface area (Å²) in [4.78, 5) is 3.78. The molecule has 0 saturated heterocycles. The molecule has 62 valence electrons. The molecule has 2 rings (SSSR count). The lowest BCUT2D eigenvalue weighted by atomic mass is 10.3. The van der Waals surface area contributed by atoms with Gasteiger partial charge in [-0.05, 0) is 12.1 Å². The van der Waals surface area contributed by atoms with E-state index in [-0.39, 0.29) is 11.8 Å². The van der Waals surface area contributed by atoms with Crippen LogP contribution in [0.5, 0.6) is 11.8 Å². The van der Waals surface area contributed by atoms with Crippen molar-refractivity contribution in [3.8, 4) is 11.8 Å². The molecule has 4 heteroatoms. The molecule has 0 aliphatic heterocycles. The topological polar surface area (TPSA) is 58.3 Å². The van der Waals surface area contributed by atoms with E-state index in [1.807, 2.05) is 0 Å². The molecule has 0 bridgehead atoms. The molecule has 12 heavy (non-hydrogen) atoms. The molecule has 0 unspecified atom stereocenters. The third-order valence-electron chi connectivity index (χ3n) is 1.87. The van der Waals surface area contributed by atoms with Crippen LogP contribution in [-0.4, -0.2) is 19.8 Å². The first-order valence-electron chi connectivity index (χ1n) is 3.53. The number of aromatic hydroxyl groups is 2. The second kappa shape index (κ2) is 2.14. The van der Waals surface area contributed by atoms with Gasteiger partial charge in [0.2, 0.25) is 0 Å². The Bertz CT molecular complexity index is 434. The number of benzene rings is 1. The van der Waals surface area contributed by atoms with E-state index in [9.17, 15) is 10.2 Å². The molecule has 0 aliphatic carbocycles. The van der Waals surface area contributed by atoms with Gasteiger partial charge in [-0.3, -0.25) is 4.57 Å². The number of rotatable bonds is 0. The first kappa shape index (κ1) is 6.97. The second-order valence-electron chi connectivity index (χ2n) is 2.62. The van der Waals surface area contributed by atoms with Crippen molar-refractivity contribution in [1.82, 2.24) is 9.55 Å². The number of hydrogen-bond donors (Lipinski definition) is 2. The summed E-state index contributed by atoms with van der Waals surface area (Å²) in [6, 6.07) is 4.93. The molecule has 0 fully saturated rings. The molecular formula is C8H8N2O2. The predicted octanol–water partition coefficient (Wildman–Crippen LogP) is 0.984. The van der Waals surface area contributed by atoms with Crippen molar-refractivity contribution in [1.29, 1.82) is 0 Å². The second-order valence-corrected chi connectivity index (χ2v) is 2.62. The molecule has 2 N–H and O–H groups in total. The monoisotopic (exact) mass is 164 g/mol. The SMILES string of the molecule is Cn1c(O)nc2c(O)cccc21. The van der Waals surface area contributed by atoms with E-state index in [0.29, 0.717) is 11.0 Å². The maximum absolute atomic E-state index is 9.32. The molecule has 0 amide bonds. The first-order valence-corrected chi connectivity index (χ1v) is 3.53. The lowest BCUT2D eigenvalue weighted by molar-refractivity contribution is 0.415. The average Bonchev–Trinajstić information content (AvgIpc) is 2.32. The van der Waals surface area contributed by atoms with Crippen LogP contribution < -0.4 is 0 Å². The van der Waals surface area contributed by atoms with Crippen LogP contribution in [0.25, 0.3) is 11.0 Å². The van der Waals surface area contributed by atoms with E-state index in [0.717, 1.165) is 0 Å². The minimum absolute atomic E-state index is 0.0865. The summed E-state index contributed by atoms with van der Waals surface area (Å²) in [5.74, 6) is 0.0865. The van der Waals surface area contributed by atoms with Crippen LogP contribution in [-0.2, 0) is 7.05 Å². The minimum atomic E-state index is -0.0912. The third kappa shape index (κ3) is 0.747. The highest BCUT2D eigenvalue weighted by molar-refractivity contribution is 5.82. The van der Waals surface area contributed by atoms with Gasteiger partial charge in [0.05, 0.1) is 5.52 Å². The molecule has 1 aromatic heterocycles. The van der Waals surface area contributed by atoms with E-state index < -0.39 is 0 Å². The van der Waals surface area contributed by atoms with Crippen molar-refractivity contribution in [2.45, 2.75) is 0 Å². The van der Waals surface area contributed by atoms with Gasteiger partial charge in [-0.1, -0.05) is 6.07 Å². The number of phenols is 1. The van der Waals surface area contributed by atoms with Crippen LogP contribution in [0.3, 0.4) is 0 Å². The highest BCUT2D eigenvalue weighted by Crippen LogP contribution is 2.25. The number of nitrogens with zero attached hydrogens (tertiary/aromatic N) is 2. The van der Waals surface area contributed by atoms with Crippen LogP contribution in [0.1, 0.15) is 0 Å². The Balaban J connectivity index is 2.95. The smallest absolute Gasteiger partial charge is 0.294 e. The van der Waals surface area contributed by atoms with Crippen molar-refractivity contribution in [3.05, 3.63) is 18.2 Å². The van der Waals surface area contributed by atoms with E-state index in [1.165, 1.54) is 10.6 Å². The Labute approximate surface area is 68.7 Å². The lowest BCUT2D eigenvalue weighted by Crippen LogP contribution is -1.84. The van der Waals surface area contributed by atoms with Crippen LogP contribution in [0.15, 0.2) is 18.2 Å². The number of phenolic OH excluding ortho intramolecular Hbond substituents is 1. The van der Waals surface area contributed by atoms with Crippen molar-refractivity contribution >= 4 is 11.0 Å².